The molecular weight excluding hydrogens is 422 g/mol. The molecule has 0 aliphatic rings. The number of carbonyl (C=O) groups excluding carboxylic acids is 1. The van der Waals surface area contributed by atoms with Crippen LogP contribution in [0.25, 0.3) is 0 Å². The lowest BCUT2D eigenvalue weighted by Gasteiger charge is -2.13. The van der Waals surface area contributed by atoms with Gasteiger partial charge in [-0.05, 0) is 18.2 Å². The second kappa shape index (κ2) is 10.2. The van der Waals surface area contributed by atoms with Crippen molar-refractivity contribution in [3.8, 4) is 17.2 Å². The van der Waals surface area contributed by atoms with E-state index in [1.165, 1.54) is 26.6 Å². The minimum atomic E-state index is -0.886. The van der Waals surface area contributed by atoms with Gasteiger partial charge in [0.25, 0.3) is 0 Å². The van der Waals surface area contributed by atoms with Gasteiger partial charge in [-0.3, -0.25) is 4.79 Å². The molecule has 0 unspecified atom stereocenters. The topological polar surface area (TPSA) is 94.6 Å². The number of carbonyl (C=O) groups is 1. The Bertz CT molecular complexity index is 1100. The summed E-state index contributed by atoms with van der Waals surface area (Å²) in [6.07, 6.45) is 3.84. The SMILES string of the molecule is C=CC(=O)Nc1ccccc1Nc1ncc(OCc2c(F)c(OC)cc(OC)c2F)cn1. The molecule has 10 heteroatoms. The molecule has 8 nitrogen and oxygen atoms in total. The van der Waals surface area contributed by atoms with Crippen LogP contribution < -0.4 is 24.8 Å². The summed E-state index contributed by atoms with van der Waals surface area (Å²) in [5.41, 5.74) is 0.721. The molecule has 0 spiro atoms. The number of ether oxygens (including phenoxy) is 3. The fourth-order valence-electron chi connectivity index (χ4n) is 2.68. The van der Waals surface area contributed by atoms with Crippen LogP contribution in [0.4, 0.5) is 26.1 Å². The predicted molar refractivity (Wildman–Crippen MR) is 114 cm³/mol. The fraction of sp³-hybridized carbons (Fsp3) is 0.136. The smallest absolute Gasteiger partial charge is 0.247 e. The molecule has 32 heavy (non-hydrogen) atoms. The summed E-state index contributed by atoms with van der Waals surface area (Å²) in [6.45, 7) is 2.98. The zero-order valence-electron chi connectivity index (χ0n) is 17.3. The van der Waals surface area contributed by atoms with E-state index < -0.39 is 18.2 Å². The van der Waals surface area contributed by atoms with E-state index in [1.54, 1.807) is 24.3 Å². The maximum Gasteiger partial charge on any atom is 0.247 e. The monoisotopic (exact) mass is 442 g/mol. The van der Waals surface area contributed by atoms with Gasteiger partial charge in [0.05, 0.1) is 43.6 Å². The van der Waals surface area contributed by atoms with Gasteiger partial charge in [-0.2, -0.15) is 0 Å². The lowest BCUT2D eigenvalue weighted by molar-refractivity contribution is -0.111. The van der Waals surface area contributed by atoms with Crippen molar-refractivity contribution in [1.82, 2.24) is 9.97 Å². The number of amides is 1. The Kier molecular flexibility index (Phi) is 7.17. The lowest BCUT2D eigenvalue weighted by atomic mass is 10.1. The van der Waals surface area contributed by atoms with Gasteiger partial charge in [-0.25, -0.2) is 18.7 Å². The van der Waals surface area contributed by atoms with Crippen LogP contribution in [0.3, 0.4) is 0 Å². The Hall–Kier alpha value is -4.21. The summed E-state index contributed by atoms with van der Waals surface area (Å²) in [6, 6.07) is 8.08. The van der Waals surface area contributed by atoms with E-state index in [2.05, 4.69) is 27.2 Å². The molecule has 1 aromatic heterocycles. The second-order valence-electron chi connectivity index (χ2n) is 6.28. The van der Waals surface area contributed by atoms with E-state index in [-0.39, 0.29) is 34.7 Å². The number of hydrogen-bond donors (Lipinski definition) is 2. The van der Waals surface area contributed by atoms with Gasteiger partial charge in [0.1, 0.15) is 6.61 Å². The number of hydrogen-bond acceptors (Lipinski definition) is 7. The molecule has 0 aliphatic heterocycles. The molecule has 0 saturated carbocycles. The zero-order valence-corrected chi connectivity index (χ0v) is 17.3. The van der Waals surface area contributed by atoms with Gasteiger partial charge in [-0.15, -0.1) is 0 Å². The predicted octanol–water partition coefficient (Wildman–Crippen LogP) is 4.22. The first kappa shape index (κ1) is 22.5. The second-order valence-corrected chi connectivity index (χ2v) is 6.28. The normalized spacial score (nSPS) is 10.2. The van der Waals surface area contributed by atoms with Crippen LogP contribution in [-0.2, 0) is 11.4 Å². The number of methoxy groups -OCH3 is 2. The zero-order chi connectivity index (χ0) is 23.1. The van der Waals surface area contributed by atoms with Crippen molar-refractivity contribution >= 4 is 23.2 Å². The van der Waals surface area contributed by atoms with Gasteiger partial charge in [0.2, 0.25) is 11.9 Å². The Morgan fingerprint density at radius 3 is 2.22 bits per heavy atom. The van der Waals surface area contributed by atoms with E-state index in [0.29, 0.717) is 11.4 Å². The van der Waals surface area contributed by atoms with E-state index >= 15 is 0 Å². The van der Waals surface area contributed by atoms with Crippen LogP contribution in [0.15, 0.2) is 55.4 Å². The van der Waals surface area contributed by atoms with Crippen LogP contribution >= 0.6 is 0 Å². The average Bonchev–Trinajstić information content (AvgIpc) is 2.81. The summed E-state index contributed by atoms with van der Waals surface area (Å²) in [5.74, 6) is -2.06. The molecule has 0 radical (unpaired) electrons. The molecule has 0 bridgehead atoms. The Morgan fingerprint density at radius 2 is 1.66 bits per heavy atom. The van der Waals surface area contributed by atoms with Gasteiger partial charge in [0, 0.05) is 6.07 Å². The molecule has 3 rings (SSSR count). The van der Waals surface area contributed by atoms with Crippen LogP contribution in [0.2, 0.25) is 0 Å². The summed E-state index contributed by atoms with van der Waals surface area (Å²) in [7, 11) is 2.53. The quantitative estimate of drug-likeness (QED) is 0.479. The van der Waals surface area contributed by atoms with Crippen molar-refractivity contribution < 1.29 is 27.8 Å². The van der Waals surface area contributed by atoms with Crippen molar-refractivity contribution in [2.45, 2.75) is 6.61 Å². The average molecular weight is 442 g/mol. The number of nitrogens with one attached hydrogen (secondary N) is 2. The molecule has 1 amide bonds. The highest BCUT2D eigenvalue weighted by atomic mass is 19.1. The number of benzene rings is 2. The number of anilines is 3. The highest BCUT2D eigenvalue weighted by Crippen LogP contribution is 2.32. The molecule has 0 saturated heterocycles. The van der Waals surface area contributed by atoms with Crippen LogP contribution in [-0.4, -0.2) is 30.1 Å². The third kappa shape index (κ3) is 5.09. The van der Waals surface area contributed by atoms with E-state index in [4.69, 9.17) is 14.2 Å². The largest absolute Gasteiger partial charge is 0.494 e. The van der Waals surface area contributed by atoms with Gasteiger partial charge in [0.15, 0.2) is 28.9 Å². The van der Waals surface area contributed by atoms with Crippen LogP contribution in [0, 0.1) is 11.6 Å². The molecule has 0 fully saturated rings. The van der Waals surface area contributed by atoms with Crippen molar-refractivity contribution in [3.05, 3.63) is 72.6 Å². The first-order chi connectivity index (χ1) is 15.5. The molecule has 2 N–H and O–H groups in total. The summed E-state index contributed by atoms with van der Waals surface area (Å²) < 4.78 is 44.1. The van der Waals surface area contributed by atoms with Crippen LogP contribution in [0.5, 0.6) is 17.2 Å². The molecule has 0 atom stereocenters. The summed E-state index contributed by atoms with van der Waals surface area (Å²) >= 11 is 0. The lowest BCUT2D eigenvalue weighted by Crippen LogP contribution is -2.09. The highest BCUT2D eigenvalue weighted by molar-refractivity contribution is 6.01. The van der Waals surface area contributed by atoms with Gasteiger partial charge >= 0.3 is 0 Å². The van der Waals surface area contributed by atoms with Crippen LogP contribution in [0.1, 0.15) is 5.56 Å². The number of aromatic nitrogens is 2. The number of halogens is 2. The van der Waals surface area contributed by atoms with Gasteiger partial charge in [-0.1, -0.05) is 18.7 Å². The maximum atomic E-state index is 14.4. The Balaban J connectivity index is 1.72. The van der Waals surface area contributed by atoms with Crippen molar-refractivity contribution in [3.63, 3.8) is 0 Å². The van der Waals surface area contributed by atoms with E-state index in [0.717, 1.165) is 12.1 Å². The highest BCUT2D eigenvalue weighted by Gasteiger charge is 2.20. The molecule has 3 aromatic rings. The number of para-hydroxylation sites is 2. The van der Waals surface area contributed by atoms with Gasteiger partial charge < -0.3 is 24.8 Å². The molecule has 166 valence electrons. The first-order valence-corrected chi connectivity index (χ1v) is 9.30. The number of rotatable bonds is 9. The van der Waals surface area contributed by atoms with Crippen molar-refractivity contribution in [2.75, 3.05) is 24.9 Å². The van der Waals surface area contributed by atoms with Crippen molar-refractivity contribution in [1.29, 1.82) is 0 Å². The summed E-state index contributed by atoms with van der Waals surface area (Å²) in [5, 5.41) is 5.64. The third-order valence-corrected chi connectivity index (χ3v) is 4.29. The molecular formula is C22H20F2N4O4. The van der Waals surface area contributed by atoms with Crippen molar-refractivity contribution in [2.24, 2.45) is 0 Å². The minimum Gasteiger partial charge on any atom is -0.494 e. The molecule has 2 aromatic carbocycles. The number of nitrogens with zero attached hydrogens (tertiary/aromatic N) is 2. The van der Waals surface area contributed by atoms with E-state index in [1.807, 2.05) is 0 Å². The molecule has 1 heterocycles. The fourth-order valence-corrected chi connectivity index (χ4v) is 2.68. The maximum absolute atomic E-state index is 14.4. The first-order valence-electron chi connectivity index (χ1n) is 9.30. The standard InChI is InChI=1S/C22H20F2N4O4/c1-4-19(29)27-15-7-5-6-8-16(15)28-22-25-10-13(11-26-22)32-12-14-20(23)17(30-2)9-18(31-3)21(14)24/h4-11H,1,12H2,2-3H3,(H,27,29)(H,25,26,28). The minimum absolute atomic E-state index is 0.167. The van der Waals surface area contributed by atoms with E-state index in [9.17, 15) is 13.6 Å². The Labute approximate surface area is 182 Å². The summed E-state index contributed by atoms with van der Waals surface area (Å²) in [4.78, 5) is 19.8. The molecule has 0 aliphatic carbocycles. The third-order valence-electron chi connectivity index (χ3n) is 4.29. The Morgan fingerprint density at radius 1 is 1.06 bits per heavy atom.